The van der Waals surface area contributed by atoms with Crippen molar-refractivity contribution in [2.24, 2.45) is 12.8 Å². The average molecular weight is 435 g/mol. The largest absolute Gasteiger partial charge is 0.416 e. The second kappa shape index (κ2) is 8.41. The minimum Gasteiger partial charge on any atom is -0.331 e. The van der Waals surface area contributed by atoms with Gasteiger partial charge in [-0.25, -0.2) is 4.98 Å². The topological polar surface area (TPSA) is 60.9 Å². The van der Waals surface area contributed by atoms with Gasteiger partial charge in [-0.15, -0.1) is 0 Å². The molecule has 2 rings (SSSR count). The number of hydrogen-bond acceptors (Lipinski definition) is 3. The molecule has 0 spiro atoms. The SMILES string of the molecule is Cn1c(-c2cc(C(F)(F)F)cc(C(F)(F)F)c2)cnc1CCCCC(=O)C(C)(C)N. The lowest BCUT2D eigenvalue weighted by Gasteiger charge is -2.16. The van der Waals surface area contributed by atoms with E-state index < -0.39 is 29.0 Å². The summed E-state index contributed by atoms with van der Waals surface area (Å²) in [6.07, 6.45) is -6.77. The number of unbranched alkanes of at least 4 members (excludes halogenated alkanes) is 1. The molecule has 2 N–H and O–H groups in total. The van der Waals surface area contributed by atoms with Gasteiger partial charge in [0.15, 0.2) is 5.78 Å². The predicted octanol–water partition coefficient (Wildman–Crippen LogP) is 5.14. The highest BCUT2D eigenvalue weighted by Crippen LogP contribution is 2.38. The van der Waals surface area contributed by atoms with Crippen molar-refractivity contribution in [1.82, 2.24) is 9.55 Å². The summed E-state index contributed by atoms with van der Waals surface area (Å²) in [5, 5.41) is 0. The first kappa shape index (κ1) is 23.9. The van der Waals surface area contributed by atoms with E-state index in [1.54, 1.807) is 13.8 Å². The number of nitrogens with two attached hydrogens (primary N) is 1. The molecular weight excluding hydrogens is 412 g/mol. The first-order chi connectivity index (χ1) is 13.6. The highest BCUT2D eigenvalue weighted by Gasteiger charge is 2.37. The van der Waals surface area contributed by atoms with Crippen molar-refractivity contribution in [2.75, 3.05) is 0 Å². The van der Waals surface area contributed by atoms with Crippen LogP contribution in [0.3, 0.4) is 0 Å². The molecule has 0 radical (unpaired) electrons. The van der Waals surface area contributed by atoms with Gasteiger partial charge in [-0.1, -0.05) is 0 Å². The maximum atomic E-state index is 13.1. The lowest BCUT2D eigenvalue weighted by Crippen LogP contribution is -2.41. The van der Waals surface area contributed by atoms with E-state index in [2.05, 4.69) is 4.98 Å². The number of rotatable bonds is 7. The van der Waals surface area contributed by atoms with Crippen LogP contribution in [0.2, 0.25) is 0 Å². The smallest absolute Gasteiger partial charge is 0.331 e. The van der Waals surface area contributed by atoms with Gasteiger partial charge in [0.1, 0.15) is 5.82 Å². The molecule has 0 unspecified atom stereocenters. The number of carbonyl (C=O) groups excluding carboxylic acids is 1. The third-order valence-corrected chi connectivity index (χ3v) is 4.74. The number of nitrogens with zero attached hydrogens (tertiary/aromatic N) is 2. The molecule has 0 atom stereocenters. The van der Waals surface area contributed by atoms with Gasteiger partial charge in [-0.2, -0.15) is 26.3 Å². The molecule has 0 fully saturated rings. The third-order valence-electron chi connectivity index (χ3n) is 4.74. The van der Waals surface area contributed by atoms with Gasteiger partial charge in [-0.05, 0) is 44.9 Å². The molecule has 1 heterocycles. The standard InChI is InChI=1S/C20H23F6N3O/c1-18(2,27)16(30)6-4-5-7-17-28-11-15(29(17)3)12-8-13(19(21,22)23)10-14(9-12)20(24,25)26/h8-11H,4-7,27H2,1-3H3. The zero-order valence-electron chi connectivity index (χ0n) is 16.8. The van der Waals surface area contributed by atoms with Crippen molar-refractivity contribution in [1.29, 1.82) is 0 Å². The lowest BCUT2D eigenvalue weighted by atomic mass is 9.96. The normalized spacial score (nSPS) is 13.0. The van der Waals surface area contributed by atoms with E-state index in [9.17, 15) is 31.1 Å². The Morgan fingerprint density at radius 1 is 1.00 bits per heavy atom. The second-order valence-corrected chi connectivity index (χ2v) is 7.77. The third kappa shape index (κ3) is 5.84. The van der Waals surface area contributed by atoms with Gasteiger partial charge in [0.05, 0.1) is 28.6 Å². The van der Waals surface area contributed by atoms with Crippen LogP contribution in [0.25, 0.3) is 11.3 Å². The Balaban J connectivity index is 2.23. The van der Waals surface area contributed by atoms with Crippen LogP contribution < -0.4 is 5.73 Å². The van der Waals surface area contributed by atoms with Crippen LogP contribution in [0.4, 0.5) is 26.3 Å². The molecule has 0 aliphatic heterocycles. The number of aromatic nitrogens is 2. The number of aryl methyl sites for hydroxylation is 1. The number of ketones is 1. The number of hydrogen-bond donors (Lipinski definition) is 1. The van der Waals surface area contributed by atoms with Crippen LogP contribution in [0.15, 0.2) is 24.4 Å². The Hall–Kier alpha value is -2.36. The molecule has 4 nitrogen and oxygen atoms in total. The van der Waals surface area contributed by atoms with E-state index >= 15 is 0 Å². The van der Waals surface area contributed by atoms with Crippen molar-refractivity contribution in [3.8, 4) is 11.3 Å². The van der Waals surface area contributed by atoms with E-state index in [-0.39, 0.29) is 29.5 Å². The Morgan fingerprint density at radius 3 is 2.00 bits per heavy atom. The molecule has 0 bridgehead atoms. The van der Waals surface area contributed by atoms with Crippen LogP contribution in [0, 0.1) is 0 Å². The molecule has 166 valence electrons. The highest BCUT2D eigenvalue weighted by molar-refractivity contribution is 5.87. The fourth-order valence-electron chi connectivity index (χ4n) is 2.94. The Bertz CT molecular complexity index is 874. The Kier molecular flexibility index (Phi) is 6.70. The number of halogens is 6. The summed E-state index contributed by atoms with van der Waals surface area (Å²) in [7, 11) is 1.53. The quantitative estimate of drug-likeness (QED) is 0.484. The molecule has 0 aliphatic carbocycles. The van der Waals surface area contributed by atoms with Crippen LogP contribution in [0.1, 0.15) is 50.1 Å². The second-order valence-electron chi connectivity index (χ2n) is 7.77. The Labute approximate surface area is 170 Å². The minimum atomic E-state index is -4.92. The molecule has 1 aromatic heterocycles. The summed E-state index contributed by atoms with van der Waals surface area (Å²) in [5.74, 6) is 0.405. The highest BCUT2D eigenvalue weighted by atomic mass is 19.4. The number of benzene rings is 1. The molecule has 1 aromatic carbocycles. The van der Waals surface area contributed by atoms with Crippen LogP contribution in [0.5, 0.6) is 0 Å². The van der Waals surface area contributed by atoms with Gasteiger partial charge in [0, 0.05) is 25.5 Å². The van der Waals surface area contributed by atoms with Crippen molar-refractivity contribution in [3.63, 3.8) is 0 Å². The van der Waals surface area contributed by atoms with Gasteiger partial charge < -0.3 is 10.3 Å². The van der Waals surface area contributed by atoms with Gasteiger partial charge >= 0.3 is 12.4 Å². The molecular formula is C20H23F6N3O. The van der Waals surface area contributed by atoms with Crippen LogP contribution >= 0.6 is 0 Å². The zero-order valence-corrected chi connectivity index (χ0v) is 16.8. The van der Waals surface area contributed by atoms with Gasteiger partial charge in [-0.3, -0.25) is 4.79 Å². The summed E-state index contributed by atoms with van der Waals surface area (Å²) in [5.41, 5.74) is 1.97. The first-order valence-corrected chi connectivity index (χ1v) is 9.23. The molecule has 0 saturated heterocycles. The zero-order chi connectivity index (χ0) is 22.9. The summed E-state index contributed by atoms with van der Waals surface area (Å²) in [6.45, 7) is 3.23. The molecule has 0 saturated carbocycles. The maximum Gasteiger partial charge on any atom is 0.416 e. The number of carbonyl (C=O) groups is 1. The monoisotopic (exact) mass is 435 g/mol. The summed E-state index contributed by atoms with van der Waals surface area (Å²) >= 11 is 0. The summed E-state index contributed by atoms with van der Waals surface area (Å²) < 4.78 is 80.0. The molecule has 10 heteroatoms. The maximum absolute atomic E-state index is 13.1. The van der Waals surface area contributed by atoms with Crippen LogP contribution in [-0.4, -0.2) is 20.9 Å². The van der Waals surface area contributed by atoms with Crippen LogP contribution in [-0.2, 0) is 30.6 Å². The summed E-state index contributed by atoms with van der Waals surface area (Å²) in [4.78, 5) is 16.0. The lowest BCUT2D eigenvalue weighted by molar-refractivity contribution is -0.143. The van der Waals surface area contributed by atoms with Crippen molar-refractivity contribution in [3.05, 3.63) is 41.3 Å². The number of alkyl halides is 6. The first-order valence-electron chi connectivity index (χ1n) is 9.23. The van der Waals surface area contributed by atoms with Crippen molar-refractivity contribution < 1.29 is 31.1 Å². The van der Waals surface area contributed by atoms with E-state index in [0.717, 1.165) is 0 Å². The van der Waals surface area contributed by atoms with Crippen molar-refractivity contribution >= 4 is 5.78 Å². The molecule has 2 aromatic rings. The molecule has 0 aliphatic rings. The average Bonchev–Trinajstić information content (AvgIpc) is 2.96. The van der Waals surface area contributed by atoms with Gasteiger partial charge in [0.25, 0.3) is 0 Å². The predicted molar refractivity (Wildman–Crippen MR) is 99.5 cm³/mol. The summed E-state index contributed by atoms with van der Waals surface area (Å²) in [6, 6.07) is 1.45. The van der Waals surface area contributed by atoms with E-state index in [0.29, 0.717) is 37.2 Å². The molecule has 30 heavy (non-hydrogen) atoms. The Morgan fingerprint density at radius 2 is 1.53 bits per heavy atom. The van der Waals surface area contributed by atoms with E-state index in [1.165, 1.54) is 17.8 Å². The number of imidazole rings is 1. The fraction of sp³-hybridized carbons (Fsp3) is 0.500. The minimum absolute atomic E-state index is 0.0910. The number of Topliss-reactive ketones (excluding diaryl/α,β-unsaturated/α-hetero) is 1. The van der Waals surface area contributed by atoms with Gasteiger partial charge in [0.2, 0.25) is 0 Å². The van der Waals surface area contributed by atoms with E-state index in [4.69, 9.17) is 5.73 Å². The van der Waals surface area contributed by atoms with Crippen molar-refractivity contribution in [2.45, 2.75) is 57.4 Å². The fourth-order valence-corrected chi connectivity index (χ4v) is 2.94. The molecule has 0 amide bonds. The van der Waals surface area contributed by atoms with E-state index in [1.807, 2.05) is 0 Å².